The van der Waals surface area contributed by atoms with Gasteiger partial charge in [-0.25, -0.2) is 9.08 Å². The monoisotopic (exact) mass is 205 g/mol. The van der Waals surface area contributed by atoms with Gasteiger partial charge in [0, 0.05) is 6.42 Å². The lowest BCUT2D eigenvalue weighted by molar-refractivity contribution is -0.0380. The second-order valence-corrected chi connectivity index (χ2v) is 5.78. The maximum atomic E-state index is 11.5. The standard InChI is InChI=1S/C7H11NO4S/c1-7-6-4(13(9,10)12-7)3-5(11-6)8(7)2/h4-6H,3H2,1-2H3. The molecule has 13 heavy (non-hydrogen) atoms. The number of piperidine rings is 1. The van der Waals surface area contributed by atoms with Crippen LogP contribution in [0.1, 0.15) is 13.3 Å². The Morgan fingerprint density at radius 3 is 2.77 bits per heavy atom. The van der Waals surface area contributed by atoms with Crippen LogP contribution in [0.15, 0.2) is 0 Å². The molecule has 6 heteroatoms. The Hall–Kier alpha value is -0.170. The molecule has 5 nitrogen and oxygen atoms in total. The fourth-order valence-corrected chi connectivity index (χ4v) is 4.34. The number of likely N-dealkylation sites (tertiary alicyclic amines) is 1. The number of likely N-dealkylation sites (N-methyl/N-ethyl adjacent to an activating group) is 1. The summed E-state index contributed by atoms with van der Waals surface area (Å²) in [7, 11) is -1.55. The molecule has 3 aliphatic rings. The highest BCUT2D eigenvalue weighted by Gasteiger charge is 2.70. The van der Waals surface area contributed by atoms with Gasteiger partial charge in [0.25, 0.3) is 10.1 Å². The summed E-state index contributed by atoms with van der Waals surface area (Å²) in [6.45, 7) is 1.77. The van der Waals surface area contributed by atoms with Gasteiger partial charge in [-0.3, -0.25) is 0 Å². The van der Waals surface area contributed by atoms with E-state index in [-0.39, 0.29) is 12.3 Å². The predicted molar refractivity (Wildman–Crippen MR) is 43.2 cm³/mol. The van der Waals surface area contributed by atoms with Crippen LogP contribution in [-0.4, -0.2) is 43.7 Å². The molecule has 3 fully saturated rings. The molecular formula is C7H11NO4S. The Morgan fingerprint density at radius 2 is 2.23 bits per heavy atom. The zero-order valence-corrected chi connectivity index (χ0v) is 8.24. The van der Waals surface area contributed by atoms with Crippen molar-refractivity contribution in [2.45, 2.75) is 36.7 Å². The Balaban J connectivity index is 2.18. The lowest BCUT2D eigenvalue weighted by Gasteiger charge is -2.31. The van der Waals surface area contributed by atoms with Gasteiger partial charge in [-0.15, -0.1) is 0 Å². The van der Waals surface area contributed by atoms with Crippen molar-refractivity contribution < 1.29 is 17.3 Å². The van der Waals surface area contributed by atoms with Crippen LogP contribution in [0.25, 0.3) is 0 Å². The van der Waals surface area contributed by atoms with Crippen molar-refractivity contribution in [1.82, 2.24) is 4.90 Å². The van der Waals surface area contributed by atoms with Gasteiger partial charge in [-0.1, -0.05) is 0 Å². The summed E-state index contributed by atoms with van der Waals surface area (Å²) in [5.41, 5.74) is -0.758. The molecule has 0 aromatic heterocycles. The molecule has 0 radical (unpaired) electrons. The first-order chi connectivity index (χ1) is 5.95. The fraction of sp³-hybridized carbons (Fsp3) is 1.00. The topological polar surface area (TPSA) is 55.8 Å². The van der Waals surface area contributed by atoms with E-state index in [1.807, 2.05) is 11.9 Å². The summed E-state index contributed by atoms with van der Waals surface area (Å²) in [5, 5.41) is -0.446. The summed E-state index contributed by atoms with van der Waals surface area (Å²) in [4.78, 5) is 1.86. The van der Waals surface area contributed by atoms with Crippen molar-refractivity contribution in [2.75, 3.05) is 7.05 Å². The molecule has 74 valence electrons. The van der Waals surface area contributed by atoms with E-state index in [1.54, 1.807) is 6.92 Å². The normalized spacial score (nSPS) is 57.5. The zero-order valence-electron chi connectivity index (χ0n) is 7.43. The van der Waals surface area contributed by atoms with Crippen LogP contribution < -0.4 is 0 Å². The van der Waals surface area contributed by atoms with Crippen molar-refractivity contribution in [2.24, 2.45) is 0 Å². The molecule has 3 saturated heterocycles. The van der Waals surface area contributed by atoms with Crippen molar-refractivity contribution >= 4 is 10.1 Å². The summed E-state index contributed by atoms with van der Waals surface area (Å²) in [6, 6.07) is 0. The third-order valence-electron chi connectivity index (χ3n) is 3.39. The largest absolute Gasteiger partial charge is 0.354 e. The van der Waals surface area contributed by atoms with E-state index in [0.717, 1.165) is 0 Å². The lowest BCUT2D eigenvalue weighted by Crippen LogP contribution is -2.50. The summed E-state index contributed by atoms with van der Waals surface area (Å²) < 4.78 is 33.6. The lowest BCUT2D eigenvalue weighted by atomic mass is 10.0. The quantitative estimate of drug-likeness (QED) is 0.499. The first kappa shape index (κ1) is 8.16. The average Bonchev–Trinajstić information content (AvgIpc) is 2.55. The minimum Gasteiger partial charge on any atom is -0.354 e. The van der Waals surface area contributed by atoms with Gasteiger partial charge in [0.15, 0.2) is 5.72 Å². The molecule has 0 aliphatic carbocycles. The van der Waals surface area contributed by atoms with Crippen molar-refractivity contribution in [1.29, 1.82) is 0 Å². The first-order valence-corrected chi connectivity index (χ1v) is 5.75. The van der Waals surface area contributed by atoms with E-state index in [9.17, 15) is 8.42 Å². The van der Waals surface area contributed by atoms with Gasteiger partial charge in [0.1, 0.15) is 17.6 Å². The highest BCUT2D eigenvalue weighted by atomic mass is 32.2. The van der Waals surface area contributed by atoms with Gasteiger partial charge in [-0.2, -0.15) is 8.42 Å². The molecule has 3 aliphatic heterocycles. The van der Waals surface area contributed by atoms with Crippen molar-refractivity contribution in [3.63, 3.8) is 0 Å². The molecular weight excluding hydrogens is 194 g/mol. The third-order valence-corrected chi connectivity index (χ3v) is 5.14. The first-order valence-electron chi connectivity index (χ1n) is 4.28. The third kappa shape index (κ3) is 0.721. The SMILES string of the molecule is CN1C2CC3C(O2)C1(C)OS3(=O)=O. The molecule has 2 bridgehead atoms. The van der Waals surface area contributed by atoms with Crippen LogP contribution in [0.4, 0.5) is 0 Å². The maximum absolute atomic E-state index is 11.5. The smallest absolute Gasteiger partial charge is 0.275 e. The minimum absolute atomic E-state index is 0.0859. The zero-order chi connectivity index (χ0) is 9.43. The van der Waals surface area contributed by atoms with E-state index < -0.39 is 21.1 Å². The van der Waals surface area contributed by atoms with Crippen LogP contribution >= 0.6 is 0 Å². The number of fused-ring (bicyclic) bond motifs is 1. The molecule has 0 aromatic carbocycles. The highest BCUT2D eigenvalue weighted by Crippen LogP contribution is 2.51. The predicted octanol–water partition coefficient (Wildman–Crippen LogP) is -0.508. The number of hydrogen-bond donors (Lipinski definition) is 0. The second-order valence-electron chi connectivity index (χ2n) is 4.03. The van der Waals surface area contributed by atoms with Crippen molar-refractivity contribution in [3.8, 4) is 0 Å². The van der Waals surface area contributed by atoms with Crippen molar-refractivity contribution in [3.05, 3.63) is 0 Å². The van der Waals surface area contributed by atoms with E-state index in [2.05, 4.69) is 0 Å². The van der Waals surface area contributed by atoms with E-state index in [1.165, 1.54) is 0 Å². The molecule has 0 aromatic rings. The van der Waals surface area contributed by atoms with Gasteiger partial charge >= 0.3 is 0 Å². The molecule has 4 atom stereocenters. The van der Waals surface area contributed by atoms with Gasteiger partial charge in [-0.05, 0) is 14.0 Å². The average molecular weight is 205 g/mol. The Bertz CT molecular complexity index is 367. The molecule has 4 unspecified atom stereocenters. The van der Waals surface area contributed by atoms with Crippen LogP contribution in [0.2, 0.25) is 0 Å². The van der Waals surface area contributed by atoms with Crippen LogP contribution in [0, 0.1) is 0 Å². The summed E-state index contributed by atoms with van der Waals surface area (Å²) in [6.07, 6.45) is 0.156. The van der Waals surface area contributed by atoms with Gasteiger partial charge in [0.05, 0.1) is 0 Å². The molecule has 0 spiro atoms. The van der Waals surface area contributed by atoms with E-state index >= 15 is 0 Å². The number of rotatable bonds is 0. The van der Waals surface area contributed by atoms with Crippen LogP contribution in [0.5, 0.6) is 0 Å². The van der Waals surface area contributed by atoms with Crippen LogP contribution in [0.3, 0.4) is 0 Å². The molecule has 0 saturated carbocycles. The molecule has 0 N–H and O–H groups in total. The molecule has 0 amide bonds. The second kappa shape index (κ2) is 1.93. The maximum Gasteiger partial charge on any atom is 0.275 e. The Morgan fingerprint density at radius 1 is 1.54 bits per heavy atom. The number of ether oxygens (including phenoxy) is 1. The summed E-state index contributed by atoms with van der Waals surface area (Å²) in [5.74, 6) is 0. The number of hydrogen-bond acceptors (Lipinski definition) is 5. The minimum atomic E-state index is -3.39. The molecule has 3 rings (SSSR count). The Kier molecular flexibility index (Phi) is 1.21. The Labute approximate surface area is 76.7 Å². The fourth-order valence-electron chi connectivity index (χ4n) is 2.51. The van der Waals surface area contributed by atoms with E-state index in [4.69, 9.17) is 8.92 Å². The van der Waals surface area contributed by atoms with Gasteiger partial charge in [0.2, 0.25) is 0 Å². The van der Waals surface area contributed by atoms with Crippen LogP contribution in [-0.2, 0) is 19.0 Å². The number of nitrogens with zero attached hydrogens (tertiary/aromatic N) is 1. The summed E-state index contributed by atoms with van der Waals surface area (Å²) >= 11 is 0. The van der Waals surface area contributed by atoms with Gasteiger partial charge < -0.3 is 4.74 Å². The molecule has 3 heterocycles. The highest BCUT2D eigenvalue weighted by molar-refractivity contribution is 7.87. The van der Waals surface area contributed by atoms with E-state index in [0.29, 0.717) is 6.42 Å².